The monoisotopic (exact) mass is 631 g/mol. The molecule has 0 radical (unpaired) electrons. The number of amides is 2. The molecule has 0 aliphatic heterocycles. The smallest absolute Gasteiger partial charge is 0.243 e. The van der Waals surface area contributed by atoms with Crippen molar-refractivity contribution in [3.63, 3.8) is 0 Å². The minimum atomic E-state index is -3.58. The van der Waals surface area contributed by atoms with Crippen molar-refractivity contribution >= 4 is 50.7 Å². The molecule has 0 aromatic heterocycles. The molecule has 10 heteroatoms. The van der Waals surface area contributed by atoms with Crippen LogP contribution in [0.5, 0.6) is 0 Å². The molecule has 0 bridgehead atoms. The van der Waals surface area contributed by atoms with Crippen molar-refractivity contribution in [2.75, 3.05) is 17.1 Å². The van der Waals surface area contributed by atoms with Gasteiger partial charge in [0.2, 0.25) is 21.8 Å². The molecule has 0 aliphatic carbocycles. The Hall–Kier alpha value is -3.07. The van der Waals surface area contributed by atoms with Gasteiger partial charge in [-0.05, 0) is 67.6 Å². The van der Waals surface area contributed by atoms with Crippen molar-refractivity contribution in [1.29, 1.82) is 0 Å². The molecule has 226 valence electrons. The van der Waals surface area contributed by atoms with E-state index in [1.807, 2.05) is 63.2 Å². The minimum Gasteiger partial charge on any atom is -0.352 e. The number of rotatable bonds is 14. The third kappa shape index (κ3) is 9.75. The van der Waals surface area contributed by atoms with Crippen LogP contribution in [0, 0.1) is 0 Å². The molecule has 3 aromatic carbocycles. The van der Waals surface area contributed by atoms with E-state index >= 15 is 0 Å². The van der Waals surface area contributed by atoms with Gasteiger partial charge in [0.25, 0.3) is 0 Å². The molecule has 3 rings (SSSR count). The number of aryl methyl sites for hydroxylation is 1. The number of benzene rings is 3. The second kappa shape index (κ2) is 15.4. The average molecular weight is 633 g/mol. The molecule has 1 unspecified atom stereocenters. The number of nitrogens with zero attached hydrogens (tertiary/aromatic N) is 2. The van der Waals surface area contributed by atoms with Crippen LogP contribution >= 0.6 is 23.2 Å². The van der Waals surface area contributed by atoms with E-state index in [2.05, 4.69) is 5.32 Å². The van der Waals surface area contributed by atoms with Gasteiger partial charge in [0.05, 0.1) is 22.0 Å². The quantitative estimate of drug-likeness (QED) is 0.227. The van der Waals surface area contributed by atoms with Crippen LogP contribution in [-0.4, -0.2) is 50.0 Å². The Morgan fingerprint density at radius 3 is 2.10 bits per heavy atom. The summed E-state index contributed by atoms with van der Waals surface area (Å²) in [7, 11) is -3.58. The normalized spacial score (nSPS) is 12.2. The van der Waals surface area contributed by atoms with E-state index in [4.69, 9.17) is 23.2 Å². The first-order chi connectivity index (χ1) is 19.9. The van der Waals surface area contributed by atoms with E-state index in [-0.39, 0.29) is 43.8 Å². The largest absolute Gasteiger partial charge is 0.352 e. The van der Waals surface area contributed by atoms with Crippen molar-refractivity contribution in [2.45, 2.75) is 65.1 Å². The maximum Gasteiger partial charge on any atom is 0.243 e. The molecule has 1 atom stereocenters. The molecule has 0 fully saturated rings. The molecule has 3 aromatic rings. The molecule has 7 nitrogen and oxygen atoms in total. The van der Waals surface area contributed by atoms with Gasteiger partial charge in [-0.2, -0.15) is 0 Å². The van der Waals surface area contributed by atoms with E-state index in [1.54, 1.807) is 35.2 Å². The number of sulfonamides is 1. The summed E-state index contributed by atoms with van der Waals surface area (Å²) in [5.74, 6) is -0.535. The van der Waals surface area contributed by atoms with Crippen LogP contribution in [0.2, 0.25) is 10.0 Å². The number of nitrogens with one attached hydrogen (secondary N) is 1. The highest BCUT2D eigenvalue weighted by Gasteiger charge is 2.31. The molecule has 42 heavy (non-hydrogen) atoms. The first kappa shape index (κ1) is 33.4. The van der Waals surface area contributed by atoms with E-state index < -0.39 is 16.1 Å². The van der Waals surface area contributed by atoms with Gasteiger partial charge >= 0.3 is 0 Å². The maximum atomic E-state index is 13.9. The van der Waals surface area contributed by atoms with Crippen molar-refractivity contribution in [2.24, 2.45) is 0 Å². The SMILES string of the molecule is CCc1ccc(N(CCCC(=O)N(Cc2ccc(Cl)c(Cl)c2)C(Cc2ccccc2)C(=O)NC(C)C)S(C)(=O)=O)cc1. The van der Waals surface area contributed by atoms with Crippen LogP contribution in [-0.2, 0) is 39.0 Å². The highest BCUT2D eigenvalue weighted by molar-refractivity contribution is 7.92. The molecule has 0 heterocycles. The van der Waals surface area contributed by atoms with E-state index in [0.717, 1.165) is 29.4 Å². The van der Waals surface area contributed by atoms with Gasteiger partial charge < -0.3 is 10.2 Å². The topological polar surface area (TPSA) is 86.8 Å². The molecule has 0 saturated carbocycles. The molecule has 0 aliphatic rings. The Morgan fingerprint density at radius 2 is 1.52 bits per heavy atom. The zero-order valence-corrected chi connectivity index (χ0v) is 26.8. The summed E-state index contributed by atoms with van der Waals surface area (Å²) in [5.41, 5.74) is 3.28. The molecule has 0 saturated heterocycles. The van der Waals surface area contributed by atoms with Crippen LogP contribution in [0.15, 0.2) is 72.8 Å². The molecular formula is C32H39Cl2N3O4S. The minimum absolute atomic E-state index is 0.0423. The molecule has 0 spiro atoms. The number of carbonyl (C=O) groups is 2. The fraction of sp³-hybridized carbons (Fsp3) is 0.375. The Kier molecular flexibility index (Phi) is 12.3. The Bertz CT molecular complexity index is 1450. The lowest BCUT2D eigenvalue weighted by Crippen LogP contribution is -2.51. The second-order valence-electron chi connectivity index (χ2n) is 10.6. The molecule has 1 N–H and O–H groups in total. The highest BCUT2D eigenvalue weighted by atomic mass is 35.5. The third-order valence-corrected chi connectivity index (χ3v) is 8.76. The number of hydrogen-bond donors (Lipinski definition) is 1. The van der Waals surface area contributed by atoms with E-state index in [9.17, 15) is 18.0 Å². The molecular weight excluding hydrogens is 593 g/mol. The van der Waals surface area contributed by atoms with E-state index in [1.165, 1.54) is 4.31 Å². The summed E-state index contributed by atoms with van der Waals surface area (Å²) in [4.78, 5) is 29.0. The lowest BCUT2D eigenvalue weighted by molar-refractivity contribution is -0.141. The fourth-order valence-corrected chi connectivity index (χ4v) is 5.96. The Balaban J connectivity index is 1.89. The summed E-state index contributed by atoms with van der Waals surface area (Å²) >= 11 is 12.4. The maximum absolute atomic E-state index is 13.9. The van der Waals surface area contributed by atoms with Crippen LogP contribution < -0.4 is 9.62 Å². The fourth-order valence-electron chi connectivity index (χ4n) is 4.67. The summed E-state index contributed by atoms with van der Waals surface area (Å²) in [6, 6.07) is 21.1. The number of carbonyl (C=O) groups excluding carboxylic acids is 2. The lowest BCUT2D eigenvalue weighted by Gasteiger charge is -2.32. The first-order valence-electron chi connectivity index (χ1n) is 14.0. The zero-order chi connectivity index (χ0) is 30.9. The molecule has 2 amide bonds. The van der Waals surface area contributed by atoms with Crippen LogP contribution in [0.25, 0.3) is 0 Å². The van der Waals surface area contributed by atoms with Gasteiger partial charge in [-0.3, -0.25) is 13.9 Å². The average Bonchev–Trinajstić information content (AvgIpc) is 2.94. The standard InChI is InChI=1S/C32H39Cl2N3O4S/c1-5-24-13-16-27(17-14-24)37(42(4,40)41)19-9-12-31(38)36(22-26-15-18-28(33)29(34)20-26)30(32(39)35-23(2)3)21-25-10-7-6-8-11-25/h6-8,10-11,13-18,20,23,30H,5,9,12,19,21-22H2,1-4H3,(H,35,39). The Labute approximate surface area is 259 Å². The summed E-state index contributed by atoms with van der Waals surface area (Å²) < 4.78 is 26.6. The van der Waals surface area contributed by atoms with Gasteiger partial charge in [0.1, 0.15) is 6.04 Å². The number of hydrogen-bond acceptors (Lipinski definition) is 4. The van der Waals surface area contributed by atoms with E-state index in [0.29, 0.717) is 22.2 Å². The van der Waals surface area contributed by atoms with Crippen molar-refractivity contribution < 1.29 is 18.0 Å². The van der Waals surface area contributed by atoms with Crippen molar-refractivity contribution in [3.8, 4) is 0 Å². The van der Waals surface area contributed by atoms with Crippen LogP contribution in [0.3, 0.4) is 0 Å². The second-order valence-corrected chi connectivity index (χ2v) is 13.3. The number of halogens is 2. The van der Waals surface area contributed by atoms with Gasteiger partial charge in [0.15, 0.2) is 0 Å². The summed E-state index contributed by atoms with van der Waals surface area (Å²) in [6.07, 6.45) is 2.62. The summed E-state index contributed by atoms with van der Waals surface area (Å²) in [6.45, 7) is 6.03. The summed E-state index contributed by atoms with van der Waals surface area (Å²) in [5, 5.41) is 3.71. The van der Waals surface area contributed by atoms with Gasteiger partial charge in [-0.25, -0.2) is 8.42 Å². The zero-order valence-electron chi connectivity index (χ0n) is 24.5. The first-order valence-corrected chi connectivity index (χ1v) is 16.6. The van der Waals surface area contributed by atoms with Gasteiger partial charge in [0, 0.05) is 32.0 Å². The predicted molar refractivity (Wildman–Crippen MR) is 171 cm³/mol. The van der Waals surface area contributed by atoms with Gasteiger partial charge in [-0.1, -0.05) is 78.7 Å². The van der Waals surface area contributed by atoms with Crippen molar-refractivity contribution in [3.05, 3.63) is 99.5 Å². The highest BCUT2D eigenvalue weighted by Crippen LogP contribution is 2.25. The predicted octanol–water partition coefficient (Wildman–Crippen LogP) is 6.27. The van der Waals surface area contributed by atoms with Gasteiger partial charge in [-0.15, -0.1) is 0 Å². The Morgan fingerprint density at radius 1 is 0.881 bits per heavy atom. The van der Waals surface area contributed by atoms with Crippen molar-refractivity contribution in [1.82, 2.24) is 10.2 Å². The third-order valence-electron chi connectivity index (χ3n) is 6.82. The lowest BCUT2D eigenvalue weighted by atomic mass is 10.0. The number of anilines is 1. The van der Waals surface area contributed by atoms with Crippen LogP contribution in [0.1, 0.15) is 50.3 Å². The van der Waals surface area contributed by atoms with Crippen LogP contribution in [0.4, 0.5) is 5.69 Å².